The van der Waals surface area contributed by atoms with Crippen molar-refractivity contribution in [3.63, 3.8) is 0 Å². The summed E-state index contributed by atoms with van der Waals surface area (Å²) < 4.78 is 25.8. The summed E-state index contributed by atoms with van der Waals surface area (Å²) >= 11 is 7.71. The molecule has 0 N–H and O–H groups in total. The van der Waals surface area contributed by atoms with Gasteiger partial charge in [0.2, 0.25) is 0 Å². The van der Waals surface area contributed by atoms with Gasteiger partial charge in [-0.15, -0.1) is 11.3 Å². The van der Waals surface area contributed by atoms with E-state index >= 15 is 0 Å². The first-order valence-electron chi connectivity index (χ1n) is 5.15. The molecule has 1 aromatic heterocycles. The zero-order chi connectivity index (χ0) is 14.0. The Balaban J connectivity index is 2.22. The molecule has 7 heteroatoms. The number of halogens is 2. The smallest absolute Gasteiger partial charge is 0.188 e. The van der Waals surface area contributed by atoms with Crippen LogP contribution in [0.1, 0.15) is 9.67 Å². The second-order valence-corrected chi connectivity index (χ2v) is 9.11. The number of hydrogen-bond acceptors (Lipinski definition) is 4. The quantitative estimate of drug-likeness (QED) is 0.700. The normalized spacial score (nSPS) is 11.5. The van der Waals surface area contributed by atoms with Crippen LogP contribution in [0, 0.1) is 0 Å². The van der Waals surface area contributed by atoms with Crippen molar-refractivity contribution < 1.29 is 13.2 Å². The van der Waals surface area contributed by atoms with Crippen LogP contribution >= 0.6 is 43.2 Å². The maximum absolute atomic E-state index is 12.1. The fourth-order valence-electron chi connectivity index (χ4n) is 1.43. The minimum Gasteiger partial charge on any atom is -0.292 e. The molecular weight excluding hydrogens is 416 g/mol. The number of ketones is 1. The third-order valence-corrected chi connectivity index (χ3v) is 6.17. The molecule has 0 unspecified atom stereocenters. The molecule has 0 saturated carbocycles. The van der Waals surface area contributed by atoms with Gasteiger partial charge in [-0.1, -0.05) is 15.9 Å². The number of thiophene rings is 1. The zero-order valence-electron chi connectivity index (χ0n) is 9.47. The van der Waals surface area contributed by atoms with E-state index in [1.807, 2.05) is 0 Å². The van der Waals surface area contributed by atoms with Crippen molar-refractivity contribution in [1.82, 2.24) is 0 Å². The van der Waals surface area contributed by atoms with E-state index in [2.05, 4.69) is 31.9 Å². The Morgan fingerprint density at radius 2 is 1.68 bits per heavy atom. The predicted octanol–water partition coefficient (Wildman–Crippen LogP) is 3.93. The second-order valence-electron chi connectivity index (χ2n) is 3.74. The maximum Gasteiger partial charge on any atom is 0.188 e. The highest BCUT2D eigenvalue weighted by molar-refractivity contribution is 9.11. The third-order valence-electron chi connectivity index (χ3n) is 2.34. The molecule has 19 heavy (non-hydrogen) atoms. The number of carbonyl (C=O) groups is 1. The van der Waals surface area contributed by atoms with E-state index in [-0.39, 0.29) is 4.90 Å². The molecule has 0 bridgehead atoms. The summed E-state index contributed by atoms with van der Waals surface area (Å²) in [7, 11) is -3.59. The second kappa shape index (κ2) is 5.87. The molecule has 3 nitrogen and oxygen atoms in total. The summed E-state index contributed by atoms with van der Waals surface area (Å²) in [6.45, 7) is 0. The molecule has 0 aliphatic heterocycles. The topological polar surface area (TPSA) is 51.2 Å². The van der Waals surface area contributed by atoms with Crippen LogP contribution in [-0.4, -0.2) is 20.0 Å². The highest BCUT2D eigenvalue weighted by atomic mass is 79.9. The van der Waals surface area contributed by atoms with Gasteiger partial charge in [-0.25, -0.2) is 8.42 Å². The van der Waals surface area contributed by atoms with Gasteiger partial charge in [0.1, 0.15) is 5.75 Å². The highest BCUT2D eigenvalue weighted by Crippen LogP contribution is 2.24. The number of rotatable bonds is 4. The molecule has 2 aromatic rings. The summed E-state index contributed by atoms with van der Waals surface area (Å²) in [6, 6.07) is 9.59. The number of sulfone groups is 1. The first kappa shape index (κ1) is 14.9. The van der Waals surface area contributed by atoms with E-state index < -0.39 is 21.4 Å². The first-order valence-corrected chi connectivity index (χ1v) is 9.21. The van der Waals surface area contributed by atoms with Crippen molar-refractivity contribution in [3.05, 3.63) is 49.5 Å². The summed E-state index contributed by atoms with van der Waals surface area (Å²) in [5.41, 5.74) is 0. The molecule has 0 amide bonds. The Morgan fingerprint density at radius 1 is 1.05 bits per heavy atom. The van der Waals surface area contributed by atoms with Gasteiger partial charge in [-0.3, -0.25) is 4.79 Å². The van der Waals surface area contributed by atoms with Gasteiger partial charge in [0, 0.05) is 4.47 Å². The summed E-state index contributed by atoms with van der Waals surface area (Å²) in [5.74, 6) is -0.902. The lowest BCUT2D eigenvalue weighted by atomic mass is 10.3. The predicted molar refractivity (Wildman–Crippen MR) is 82.5 cm³/mol. The standard InChI is InChI=1S/C12H8Br2O3S2/c13-8-1-3-9(4-2-8)19(16,17)7-10(15)11-5-6-12(14)18-11/h1-6H,7H2. The lowest BCUT2D eigenvalue weighted by molar-refractivity contribution is 0.102. The minimum atomic E-state index is -3.59. The van der Waals surface area contributed by atoms with Gasteiger partial charge in [0.05, 0.1) is 13.6 Å². The van der Waals surface area contributed by atoms with Gasteiger partial charge in [0.15, 0.2) is 15.6 Å². The van der Waals surface area contributed by atoms with Crippen molar-refractivity contribution in [3.8, 4) is 0 Å². The van der Waals surface area contributed by atoms with Crippen LogP contribution in [-0.2, 0) is 9.84 Å². The molecule has 0 radical (unpaired) electrons. The van der Waals surface area contributed by atoms with Crippen molar-refractivity contribution in [2.24, 2.45) is 0 Å². The van der Waals surface area contributed by atoms with Crippen LogP contribution in [0.3, 0.4) is 0 Å². The number of benzene rings is 1. The minimum absolute atomic E-state index is 0.152. The van der Waals surface area contributed by atoms with Crippen LogP contribution in [0.15, 0.2) is 49.6 Å². The summed E-state index contributed by atoms with van der Waals surface area (Å²) in [5, 5.41) is 0. The molecule has 2 rings (SSSR count). The van der Waals surface area contributed by atoms with Gasteiger partial charge in [-0.05, 0) is 52.3 Å². The van der Waals surface area contributed by atoms with E-state index in [1.165, 1.54) is 23.5 Å². The van der Waals surface area contributed by atoms with Crippen molar-refractivity contribution in [1.29, 1.82) is 0 Å². The van der Waals surface area contributed by atoms with Gasteiger partial charge in [-0.2, -0.15) is 0 Å². The summed E-state index contributed by atoms with van der Waals surface area (Å²) in [4.78, 5) is 12.5. The molecule has 0 atom stereocenters. The van der Waals surface area contributed by atoms with E-state index in [0.717, 1.165) is 8.26 Å². The van der Waals surface area contributed by atoms with Gasteiger partial charge in [0.25, 0.3) is 0 Å². The van der Waals surface area contributed by atoms with E-state index in [0.29, 0.717) is 4.88 Å². The molecule has 0 saturated heterocycles. The number of carbonyl (C=O) groups excluding carboxylic acids is 1. The van der Waals surface area contributed by atoms with E-state index in [9.17, 15) is 13.2 Å². The molecule has 100 valence electrons. The maximum atomic E-state index is 12.1. The third kappa shape index (κ3) is 3.75. The molecule has 1 heterocycles. The zero-order valence-corrected chi connectivity index (χ0v) is 14.3. The molecular formula is C12H8Br2O3S2. The molecule has 0 fully saturated rings. The van der Waals surface area contributed by atoms with Crippen LogP contribution in [0.2, 0.25) is 0 Å². The van der Waals surface area contributed by atoms with Crippen LogP contribution in [0.4, 0.5) is 0 Å². The fourth-order valence-corrected chi connectivity index (χ4v) is 4.33. The Kier molecular flexibility index (Phi) is 4.60. The van der Waals surface area contributed by atoms with Crippen molar-refractivity contribution >= 4 is 58.8 Å². The highest BCUT2D eigenvalue weighted by Gasteiger charge is 2.21. The molecule has 0 aliphatic rings. The lowest BCUT2D eigenvalue weighted by Crippen LogP contribution is -2.15. The largest absolute Gasteiger partial charge is 0.292 e. The van der Waals surface area contributed by atoms with Gasteiger partial charge < -0.3 is 0 Å². The Hall–Kier alpha value is -0.500. The number of Topliss-reactive ketones (excluding diaryl/α,β-unsaturated/α-hetero) is 1. The Morgan fingerprint density at radius 3 is 2.21 bits per heavy atom. The summed E-state index contributed by atoms with van der Waals surface area (Å²) in [6.07, 6.45) is 0. The fraction of sp³-hybridized carbons (Fsp3) is 0.0833. The Labute approximate surface area is 131 Å². The molecule has 1 aromatic carbocycles. The van der Waals surface area contributed by atoms with Crippen molar-refractivity contribution in [2.45, 2.75) is 4.90 Å². The monoisotopic (exact) mass is 422 g/mol. The average molecular weight is 424 g/mol. The van der Waals surface area contributed by atoms with Crippen LogP contribution < -0.4 is 0 Å². The number of hydrogen-bond donors (Lipinski definition) is 0. The van der Waals surface area contributed by atoms with Crippen molar-refractivity contribution in [2.75, 3.05) is 5.75 Å². The van der Waals surface area contributed by atoms with Crippen LogP contribution in [0.25, 0.3) is 0 Å². The average Bonchev–Trinajstić information content (AvgIpc) is 2.76. The van der Waals surface area contributed by atoms with Crippen LogP contribution in [0.5, 0.6) is 0 Å². The van der Waals surface area contributed by atoms with E-state index in [4.69, 9.17) is 0 Å². The molecule has 0 spiro atoms. The molecule has 0 aliphatic carbocycles. The van der Waals surface area contributed by atoms with E-state index in [1.54, 1.807) is 24.3 Å². The lowest BCUT2D eigenvalue weighted by Gasteiger charge is -2.03. The van der Waals surface area contributed by atoms with Gasteiger partial charge >= 0.3 is 0 Å². The SMILES string of the molecule is O=C(CS(=O)(=O)c1ccc(Br)cc1)c1ccc(Br)s1. The Bertz CT molecular complexity index is 703. The first-order chi connectivity index (χ1) is 8.88.